The van der Waals surface area contributed by atoms with Gasteiger partial charge in [0.25, 0.3) is 5.91 Å². The maximum absolute atomic E-state index is 11.8. The van der Waals surface area contributed by atoms with Crippen molar-refractivity contribution in [1.82, 2.24) is 5.32 Å². The van der Waals surface area contributed by atoms with E-state index in [2.05, 4.69) is 19.2 Å². The van der Waals surface area contributed by atoms with Gasteiger partial charge in [0.05, 0.1) is 0 Å². The molecule has 0 aliphatic heterocycles. The summed E-state index contributed by atoms with van der Waals surface area (Å²) in [6.07, 6.45) is -0.751. The van der Waals surface area contributed by atoms with Gasteiger partial charge >= 0.3 is 5.97 Å². The molecule has 1 unspecified atom stereocenters. The predicted molar refractivity (Wildman–Crippen MR) is 75.9 cm³/mol. The highest BCUT2D eigenvalue weighted by atomic mass is 16.5. The maximum atomic E-state index is 11.8. The summed E-state index contributed by atoms with van der Waals surface area (Å²) in [7, 11) is 0. The van der Waals surface area contributed by atoms with Crippen LogP contribution in [0.5, 0.6) is 5.75 Å². The fraction of sp³-hybridized carbons (Fsp3) is 0.467. The lowest BCUT2D eigenvalue weighted by molar-refractivity contribution is -0.142. The molecule has 1 rings (SSSR count). The molecular weight excluding hydrogens is 258 g/mol. The van der Waals surface area contributed by atoms with Gasteiger partial charge in [-0.25, -0.2) is 0 Å². The molecule has 1 aromatic rings. The van der Waals surface area contributed by atoms with Gasteiger partial charge in [-0.05, 0) is 37.5 Å². The van der Waals surface area contributed by atoms with Crippen LogP contribution in [-0.2, 0) is 9.59 Å². The maximum Gasteiger partial charge on any atom is 0.325 e. The van der Waals surface area contributed by atoms with Crippen molar-refractivity contribution in [2.75, 3.05) is 0 Å². The fourth-order valence-electron chi connectivity index (χ4n) is 1.60. The number of rotatable bonds is 6. The summed E-state index contributed by atoms with van der Waals surface area (Å²) >= 11 is 0. The molecule has 0 aromatic heterocycles. The number of carbonyl (C=O) groups is 2. The summed E-state index contributed by atoms with van der Waals surface area (Å²) in [5.74, 6) is -0.557. The highest BCUT2D eigenvalue weighted by molar-refractivity contribution is 5.86. The van der Waals surface area contributed by atoms with Gasteiger partial charge in [-0.1, -0.05) is 26.0 Å². The van der Waals surface area contributed by atoms with Gasteiger partial charge in [0.15, 0.2) is 6.10 Å². The molecule has 1 amide bonds. The molecule has 5 nitrogen and oxygen atoms in total. The van der Waals surface area contributed by atoms with E-state index in [4.69, 9.17) is 9.84 Å². The summed E-state index contributed by atoms with van der Waals surface area (Å²) in [5, 5.41) is 11.1. The Bertz CT molecular complexity index is 485. The highest BCUT2D eigenvalue weighted by Gasteiger charge is 2.20. The lowest BCUT2D eigenvalue weighted by atomic mass is 10.0. The van der Waals surface area contributed by atoms with Crippen LogP contribution < -0.4 is 10.1 Å². The fourth-order valence-corrected chi connectivity index (χ4v) is 1.60. The van der Waals surface area contributed by atoms with E-state index >= 15 is 0 Å². The Hall–Kier alpha value is -2.04. The van der Waals surface area contributed by atoms with E-state index in [-0.39, 0.29) is 0 Å². The number of carboxylic acids is 1. The number of amides is 1. The molecule has 2 N–H and O–H groups in total. The van der Waals surface area contributed by atoms with Crippen LogP contribution in [-0.4, -0.2) is 29.1 Å². The zero-order valence-corrected chi connectivity index (χ0v) is 12.2. The minimum absolute atomic E-state index is 0.370. The molecule has 0 spiro atoms. The lowest BCUT2D eigenvalue weighted by Gasteiger charge is -2.17. The molecule has 0 saturated heterocycles. The number of aliphatic carboxylic acids is 1. The van der Waals surface area contributed by atoms with Gasteiger partial charge in [0.1, 0.15) is 11.8 Å². The first kappa shape index (κ1) is 16.0. The van der Waals surface area contributed by atoms with Gasteiger partial charge in [0.2, 0.25) is 0 Å². The van der Waals surface area contributed by atoms with Crippen LogP contribution >= 0.6 is 0 Å². The van der Waals surface area contributed by atoms with E-state index in [1.54, 1.807) is 13.0 Å². The van der Waals surface area contributed by atoms with Gasteiger partial charge < -0.3 is 15.2 Å². The molecule has 5 heteroatoms. The van der Waals surface area contributed by atoms with Gasteiger partial charge in [-0.15, -0.1) is 0 Å². The van der Waals surface area contributed by atoms with Gasteiger partial charge in [-0.3, -0.25) is 9.59 Å². The van der Waals surface area contributed by atoms with Crippen molar-refractivity contribution in [1.29, 1.82) is 0 Å². The molecular formula is C15H21NO4. The summed E-state index contributed by atoms with van der Waals surface area (Å²) in [5.41, 5.74) is 1.12. The zero-order chi connectivity index (χ0) is 15.3. The van der Waals surface area contributed by atoms with Crippen LogP contribution in [0, 0.1) is 0 Å². The van der Waals surface area contributed by atoms with Gasteiger partial charge in [0, 0.05) is 0 Å². The quantitative estimate of drug-likeness (QED) is 0.836. The largest absolute Gasteiger partial charge is 0.481 e. The molecule has 110 valence electrons. The molecule has 0 saturated carbocycles. The van der Waals surface area contributed by atoms with Crippen molar-refractivity contribution in [3.63, 3.8) is 0 Å². The zero-order valence-electron chi connectivity index (χ0n) is 12.2. The lowest BCUT2D eigenvalue weighted by Crippen LogP contribution is -2.44. The minimum Gasteiger partial charge on any atom is -0.481 e. The number of carbonyl (C=O) groups excluding carboxylic acids is 1. The Balaban J connectivity index is 2.66. The number of carboxylic acid groups (broad SMARTS) is 1. The average molecular weight is 279 g/mol. The number of ether oxygens (including phenoxy) is 1. The Kier molecular flexibility index (Phi) is 5.55. The second-order valence-corrected chi connectivity index (χ2v) is 5.06. The molecule has 0 bridgehead atoms. The number of benzene rings is 1. The second-order valence-electron chi connectivity index (χ2n) is 5.06. The smallest absolute Gasteiger partial charge is 0.325 e. The normalized spacial score (nSPS) is 13.7. The van der Waals surface area contributed by atoms with Gasteiger partial charge in [-0.2, -0.15) is 0 Å². The topological polar surface area (TPSA) is 75.6 Å². The van der Waals surface area contributed by atoms with Crippen molar-refractivity contribution in [3.8, 4) is 5.75 Å². The average Bonchev–Trinajstić information content (AvgIpc) is 2.38. The second kappa shape index (κ2) is 6.93. The van der Waals surface area contributed by atoms with Crippen molar-refractivity contribution in [2.24, 2.45) is 0 Å². The van der Waals surface area contributed by atoms with Crippen LogP contribution in [0.4, 0.5) is 0 Å². The Labute approximate surface area is 118 Å². The summed E-state index contributed by atoms with van der Waals surface area (Å²) in [6.45, 7) is 7.14. The SMILES string of the molecule is CC(Oc1cccc(C(C)C)c1)C(=O)N[C@@H](C)C(=O)O. The molecule has 0 heterocycles. The molecule has 0 fully saturated rings. The van der Waals surface area contributed by atoms with E-state index in [0.717, 1.165) is 5.56 Å². The molecule has 2 atom stereocenters. The first-order valence-corrected chi connectivity index (χ1v) is 6.61. The molecule has 1 aromatic carbocycles. The third-order valence-electron chi connectivity index (χ3n) is 2.94. The molecule has 0 aliphatic rings. The summed E-state index contributed by atoms with van der Waals surface area (Å²) in [4.78, 5) is 22.5. The van der Waals surface area contributed by atoms with E-state index in [1.807, 2.05) is 18.2 Å². The van der Waals surface area contributed by atoms with Crippen LogP contribution in [0.1, 0.15) is 39.2 Å². The van der Waals surface area contributed by atoms with E-state index < -0.39 is 24.0 Å². The highest BCUT2D eigenvalue weighted by Crippen LogP contribution is 2.20. The van der Waals surface area contributed by atoms with Crippen LogP contribution in [0.3, 0.4) is 0 Å². The number of hydrogen-bond acceptors (Lipinski definition) is 3. The van der Waals surface area contributed by atoms with E-state index in [9.17, 15) is 9.59 Å². The van der Waals surface area contributed by atoms with Crippen LogP contribution in [0.15, 0.2) is 24.3 Å². The molecule has 20 heavy (non-hydrogen) atoms. The Morgan fingerprint density at radius 3 is 2.40 bits per heavy atom. The van der Waals surface area contributed by atoms with Crippen molar-refractivity contribution >= 4 is 11.9 Å². The van der Waals surface area contributed by atoms with E-state index in [1.165, 1.54) is 6.92 Å². The molecule has 0 aliphatic carbocycles. The first-order chi connectivity index (χ1) is 9.31. The Morgan fingerprint density at radius 1 is 1.20 bits per heavy atom. The van der Waals surface area contributed by atoms with Crippen molar-refractivity contribution < 1.29 is 19.4 Å². The summed E-state index contributed by atoms with van der Waals surface area (Å²) < 4.78 is 5.54. The third kappa shape index (κ3) is 4.57. The van der Waals surface area contributed by atoms with Crippen molar-refractivity contribution in [2.45, 2.75) is 45.8 Å². The number of nitrogens with one attached hydrogen (secondary N) is 1. The number of hydrogen-bond donors (Lipinski definition) is 2. The Morgan fingerprint density at radius 2 is 1.85 bits per heavy atom. The minimum atomic E-state index is -1.08. The standard InChI is InChI=1S/C15H21NO4/c1-9(2)12-6-5-7-13(8-12)20-11(4)14(17)16-10(3)15(18)19/h5-11H,1-4H3,(H,16,17)(H,18,19)/t10-,11?/m0/s1. The van der Waals surface area contributed by atoms with E-state index in [0.29, 0.717) is 11.7 Å². The third-order valence-corrected chi connectivity index (χ3v) is 2.94. The monoisotopic (exact) mass is 279 g/mol. The summed E-state index contributed by atoms with van der Waals surface area (Å²) in [6, 6.07) is 6.59. The van der Waals surface area contributed by atoms with Crippen LogP contribution in [0.25, 0.3) is 0 Å². The van der Waals surface area contributed by atoms with Crippen LogP contribution in [0.2, 0.25) is 0 Å². The van der Waals surface area contributed by atoms with Crippen molar-refractivity contribution in [3.05, 3.63) is 29.8 Å². The first-order valence-electron chi connectivity index (χ1n) is 6.61. The predicted octanol–water partition coefficient (Wildman–Crippen LogP) is 2.17. The molecule has 0 radical (unpaired) electrons.